The van der Waals surface area contributed by atoms with Gasteiger partial charge in [0.05, 0.1) is 16.9 Å². The molecule has 86 valence electrons. The number of aryl methyl sites for hydroxylation is 1. The first-order chi connectivity index (χ1) is 7.60. The minimum atomic E-state index is -0.121. The first-order valence-electron chi connectivity index (χ1n) is 5.33. The van der Waals surface area contributed by atoms with E-state index in [0.29, 0.717) is 13.1 Å². The number of nitrogens with zero attached hydrogens (tertiary/aromatic N) is 2. The van der Waals surface area contributed by atoms with E-state index in [4.69, 9.17) is 5.26 Å². The zero-order valence-corrected chi connectivity index (χ0v) is 10.7. The van der Waals surface area contributed by atoms with E-state index in [9.17, 15) is 4.79 Å². The molecule has 1 heterocycles. The lowest BCUT2D eigenvalue weighted by molar-refractivity contribution is 0.0757. The van der Waals surface area contributed by atoms with E-state index in [1.54, 1.807) is 4.90 Å². The van der Waals surface area contributed by atoms with Gasteiger partial charge in [-0.2, -0.15) is 5.26 Å². The molecule has 3 nitrogen and oxygen atoms in total. The zero-order chi connectivity index (χ0) is 12.1. The lowest BCUT2D eigenvalue weighted by Crippen LogP contribution is -2.34. The van der Waals surface area contributed by atoms with Crippen LogP contribution in [0.15, 0.2) is 11.4 Å². The average molecular weight is 236 g/mol. The predicted molar refractivity (Wildman–Crippen MR) is 65.4 cm³/mol. The number of hydrogen-bond acceptors (Lipinski definition) is 3. The second-order valence-corrected chi connectivity index (χ2v) is 4.72. The number of thiophene rings is 1. The third-order valence-corrected chi connectivity index (χ3v) is 3.44. The first kappa shape index (κ1) is 12.7. The maximum absolute atomic E-state index is 12.1. The summed E-state index contributed by atoms with van der Waals surface area (Å²) in [6.45, 7) is 6.85. The highest BCUT2D eigenvalue weighted by molar-refractivity contribution is 7.12. The Morgan fingerprint density at radius 2 is 2.38 bits per heavy atom. The molecule has 0 spiro atoms. The van der Waals surface area contributed by atoms with Crippen molar-refractivity contribution in [2.24, 2.45) is 5.92 Å². The van der Waals surface area contributed by atoms with Gasteiger partial charge >= 0.3 is 0 Å². The lowest BCUT2D eigenvalue weighted by atomic mass is 10.2. The van der Waals surface area contributed by atoms with Crippen molar-refractivity contribution >= 4 is 17.2 Å². The molecule has 1 aromatic rings. The van der Waals surface area contributed by atoms with Crippen LogP contribution in [0.4, 0.5) is 0 Å². The molecule has 0 bridgehead atoms. The van der Waals surface area contributed by atoms with Crippen LogP contribution in [0.3, 0.4) is 0 Å². The summed E-state index contributed by atoms with van der Waals surface area (Å²) in [4.78, 5) is 14.6. The van der Waals surface area contributed by atoms with Gasteiger partial charge < -0.3 is 4.90 Å². The minimum Gasteiger partial charge on any atom is -0.337 e. The van der Waals surface area contributed by atoms with Crippen molar-refractivity contribution in [3.05, 3.63) is 21.9 Å². The SMILES string of the molecule is CCN(C[C@H](C)C#N)C(=O)c1sccc1C. The summed E-state index contributed by atoms with van der Waals surface area (Å²) in [5.41, 5.74) is 1.01. The number of amides is 1. The van der Waals surface area contributed by atoms with Gasteiger partial charge in [0.1, 0.15) is 0 Å². The molecule has 1 atom stereocenters. The van der Waals surface area contributed by atoms with Gasteiger partial charge in [0.2, 0.25) is 0 Å². The Balaban J connectivity index is 2.79. The van der Waals surface area contributed by atoms with Crippen molar-refractivity contribution in [1.29, 1.82) is 5.26 Å². The van der Waals surface area contributed by atoms with Gasteiger partial charge in [-0.1, -0.05) is 0 Å². The number of nitriles is 1. The van der Waals surface area contributed by atoms with Crippen LogP contribution in [0.1, 0.15) is 29.1 Å². The molecular formula is C12H16N2OS. The Kier molecular flexibility index (Phi) is 4.51. The smallest absolute Gasteiger partial charge is 0.264 e. The van der Waals surface area contributed by atoms with Crippen LogP contribution in [0.2, 0.25) is 0 Å². The Bertz CT molecular complexity index is 405. The van der Waals surface area contributed by atoms with E-state index in [1.807, 2.05) is 32.2 Å². The quantitative estimate of drug-likeness (QED) is 0.806. The van der Waals surface area contributed by atoms with Crippen LogP contribution in [0.5, 0.6) is 0 Å². The standard InChI is InChI=1S/C12H16N2OS/c1-4-14(8-9(2)7-13)12(15)11-10(3)5-6-16-11/h5-6,9H,4,8H2,1-3H3/t9-/m1/s1. The number of rotatable bonds is 4. The molecule has 16 heavy (non-hydrogen) atoms. The van der Waals surface area contributed by atoms with Gasteiger partial charge in [-0.3, -0.25) is 4.79 Å². The number of hydrogen-bond donors (Lipinski definition) is 0. The molecule has 1 amide bonds. The summed E-state index contributed by atoms with van der Waals surface area (Å²) in [5.74, 6) is -0.0822. The molecule has 0 radical (unpaired) electrons. The van der Waals surface area contributed by atoms with Gasteiger partial charge in [0.15, 0.2) is 0 Å². The van der Waals surface area contributed by atoms with E-state index in [0.717, 1.165) is 10.4 Å². The molecule has 0 aromatic carbocycles. The van der Waals surface area contributed by atoms with Crippen molar-refractivity contribution in [2.45, 2.75) is 20.8 Å². The van der Waals surface area contributed by atoms with Crippen molar-refractivity contribution in [3.63, 3.8) is 0 Å². The monoisotopic (exact) mass is 236 g/mol. The molecule has 0 N–H and O–H groups in total. The molecule has 0 aliphatic rings. The van der Waals surface area contributed by atoms with Crippen molar-refractivity contribution in [1.82, 2.24) is 4.90 Å². The molecule has 0 saturated heterocycles. The number of carbonyl (C=O) groups excluding carboxylic acids is 1. The molecule has 4 heteroatoms. The summed E-state index contributed by atoms with van der Waals surface area (Å²) in [7, 11) is 0. The van der Waals surface area contributed by atoms with Crippen LogP contribution in [0.25, 0.3) is 0 Å². The van der Waals surface area contributed by atoms with Gasteiger partial charge in [0, 0.05) is 13.1 Å². The Hall–Kier alpha value is -1.34. The third-order valence-electron chi connectivity index (χ3n) is 2.44. The Morgan fingerprint density at radius 3 is 2.81 bits per heavy atom. The molecule has 0 aliphatic heterocycles. The molecule has 0 aliphatic carbocycles. The molecule has 1 rings (SSSR count). The fourth-order valence-corrected chi connectivity index (χ4v) is 2.35. The summed E-state index contributed by atoms with van der Waals surface area (Å²) in [6.07, 6.45) is 0. The van der Waals surface area contributed by atoms with Gasteiger partial charge in [0.25, 0.3) is 5.91 Å². The summed E-state index contributed by atoms with van der Waals surface area (Å²) in [6, 6.07) is 4.10. The topological polar surface area (TPSA) is 44.1 Å². The second kappa shape index (κ2) is 5.66. The highest BCUT2D eigenvalue weighted by Gasteiger charge is 2.19. The third kappa shape index (κ3) is 2.83. The van der Waals surface area contributed by atoms with Crippen LogP contribution >= 0.6 is 11.3 Å². The van der Waals surface area contributed by atoms with E-state index in [-0.39, 0.29) is 11.8 Å². The normalized spacial score (nSPS) is 11.9. The Morgan fingerprint density at radius 1 is 1.69 bits per heavy atom. The molecule has 0 unspecified atom stereocenters. The minimum absolute atomic E-state index is 0.0390. The lowest BCUT2D eigenvalue weighted by Gasteiger charge is -2.21. The van der Waals surface area contributed by atoms with Crippen molar-refractivity contribution in [3.8, 4) is 6.07 Å². The van der Waals surface area contributed by atoms with Crippen LogP contribution < -0.4 is 0 Å². The van der Waals surface area contributed by atoms with E-state index in [2.05, 4.69) is 6.07 Å². The van der Waals surface area contributed by atoms with Gasteiger partial charge in [-0.05, 0) is 37.8 Å². The molecule has 0 saturated carbocycles. The first-order valence-corrected chi connectivity index (χ1v) is 6.21. The second-order valence-electron chi connectivity index (χ2n) is 3.81. The largest absolute Gasteiger partial charge is 0.337 e. The average Bonchev–Trinajstić information content (AvgIpc) is 2.71. The van der Waals surface area contributed by atoms with Crippen LogP contribution in [-0.4, -0.2) is 23.9 Å². The van der Waals surface area contributed by atoms with Gasteiger partial charge in [-0.15, -0.1) is 11.3 Å². The van der Waals surface area contributed by atoms with E-state index < -0.39 is 0 Å². The predicted octanol–water partition coefficient (Wildman–Crippen LogP) is 2.68. The fourth-order valence-electron chi connectivity index (χ4n) is 1.46. The maximum atomic E-state index is 12.1. The summed E-state index contributed by atoms with van der Waals surface area (Å²) in [5, 5.41) is 10.7. The van der Waals surface area contributed by atoms with Crippen LogP contribution in [-0.2, 0) is 0 Å². The fraction of sp³-hybridized carbons (Fsp3) is 0.500. The van der Waals surface area contributed by atoms with E-state index >= 15 is 0 Å². The number of carbonyl (C=O) groups is 1. The van der Waals surface area contributed by atoms with Gasteiger partial charge in [-0.25, -0.2) is 0 Å². The summed E-state index contributed by atoms with van der Waals surface area (Å²) >= 11 is 1.46. The van der Waals surface area contributed by atoms with E-state index in [1.165, 1.54) is 11.3 Å². The molecule has 1 aromatic heterocycles. The highest BCUT2D eigenvalue weighted by atomic mass is 32.1. The van der Waals surface area contributed by atoms with Crippen molar-refractivity contribution in [2.75, 3.05) is 13.1 Å². The molecular weight excluding hydrogens is 220 g/mol. The highest BCUT2D eigenvalue weighted by Crippen LogP contribution is 2.18. The zero-order valence-electron chi connectivity index (χ0n) is 9.86. The molecule has 0 fully saturated rings. The summed E-state index contributed by atoms with van der Waals surface area (Å²) < 4.78 is 0. The van der Waals surface area contributed by atoms with Crippen LogP contribution in [0, 0.1) is 24.2 Å². The Labute approximate surface area is 100 Å². The maximum Gasteiger partial charge on any atom is 0.264 e. The van der Waals surface area contributed by atoms with Crippen molar-refractivity contribution < 1.29 is 4.79 Å².